The molecule has 25 heavy (non-hydrogen) atoms. The quantitative estimate of drug-likeness (QED) is 0.830. The average molecular weight is 365 g/mol. The second-order valence-electron chi connectivity index (χ2n) is 8.11. The Morgan fingerprint density at radius 2 is 2.04 bits per heavy atom. The lowest BCUT2D eigenvalue weighted by molar-refractivity contribution is -0.00273. The number of nitrogens with zero attached hydrogens (tertiary/aromatic N) is 2. The summed E-state index contributed by atoms with van der Waals surface area (Å²) in [5.74, 6) is 0. The first kappa shape index (κ1) is 19.2. The molecule has 0 aliphatic carbocycles. The number of piperidine rings is 2. The number of rotatable bonds is 6. The summed E-state index contributed by atoms with van der Waals surface area (Å²) < 4.78 is 0. The van der Waals surface area contributed by atoms with Gasteiger partial charge in [-0.2, -0.15) is 0 Å². The van der Waals surface area contributed by atoms with Crippen molar-refractivity contribution in [2.24, 2.45) is 5.41 Å². The lowest BCUT2D eigenvalue weighted by atomic mass is 9.75. The van der Waals surface area contributed by atoms with E-state index in [2.05, 4.69) is 28.9 Å². The zero-order valence-corrected chi connectivity index (χ0v) is 16.3. The van der Waals surface area contributed by atoms with Gasteiger partial charge in [-0.3, -0.25) is 4.90 Å². The van der Waals surface area contributed by atoms with Crippen LogP contribution in [0.1, 0.15) is 44.6 Å². The summed E-state index contributed by atoms with van der Waals surface area (Å²) in [6, 6.07) is 8.84. The molecule has 2 aliphatic heterocycles. The molecule has 140 valence electrons. The van der Waals surface area contributed by atoms with Crippen LogP contribution >= 0.6 is 11.6 Å². The molecule has 0 amide bonds. The molecule has 4 heteroatoms. The van der Waals surface area contributed by atoms with E-state index >= 15 is 0 Å². The number of likely N-dealkylation sites (tertiary alicyclic amines) is 2. The monoisotopic (exact) mass is 364 g/mol. The fourth-order valence-corrected chi connectivity index (χ4v) is 5.00. The molecule has 0 aromatic heterocycles. The molecule has 2 heterocycles. The summed E-state index contributed by atoms with van der Waals surface area (Å²) in [7, 11) is 0. The topological polar surface area (TPSA) is 26.7 Å². The smallest absolute Gasteiger partial charge is 0.0502 e. The van der Waals surface area contributed by atoms with Gasteiger partial charge in [0.15, 0.2) is 0 Å². The van der Waals surface area contributed by atoms with Crippen LogP contribution in [-0.4, -0.2) is 60.3 Å². The first-order valence-electron chi connectivity index (χ1n) is 9.96. The summed E-state index contributed by atoms with van der Waals surface area (Å²) in [6.07, 6.45) is 7.03. The van der Waals surface area contributed by atoms with Crippen molar-refractivity contribution in [2.45, 2.75) is 51.5 Å². The number of aliphatic hydroxyl groups excluding tert-OH is 1. The lowest BCUT2D eigenvalue weighted by Gasteiger charge is -2.47. The molecule has 2 saturated heterocycles. The molecular weight excluding hydrogens is 332 g/mol. The maximum Gasteiger partial charge on any atom is 0.0502 e. The first-order valence-corrected chi connectivity index (χ1v) is 10.3. The van der Waals surface area contributed by atoms with Gasteiger partial charge in [-0.15, -0.1) is 0 Å². The molecule has 1 aromatic rings. The van der Waals surface area contributed by atoms with E-state index in [0.717, 1.165) is 24.4 Å². The van der Waals surface area contributed by atoms with E-state index in [1.807, 2.05) is 12.1 Å². The van der Waals surface area contributed by atoms with Crippen LogP contribution in [0.3, 0.4) is 0 Å². The average Bonchev–Trinajstić information content (AvgIpc) is 2.63. The van der Waals surface area contributed by atoms with Crippen LogP contribution in [0.2, 0.25) is 5.02 Å². The fraction of sp³-hybridized carbons (Fsp3) is 0.714. The molecule has 0 saturated carbocycles. The van der Waals surface area contributed by atoms with Gasteiger partial charge >= 0.3 is 0 Å². The van der Waals surface area contributed by atoms with E-state index in [9.17, 15) is 5.11 Å². The summed E-state index contributed by atoms with van der Waals surface area (Å²) in [5.41, 5.74) is 1.24. The molecule has 3 rings (SSSR count). The number of benzene rings is 1. The summed E-state index contributed by atoms with van der Waals surface area (Å²) >= 11 is 6.16. The van der Waals surface area contributed by atoms with Crippen molar-refractivity contribution in [2.75, 3.05) is 39.3 Å². The molecule has 3 nitrogen and oxygen atoms in total. The molecule has 0 bridgehead atoms. The Morgan fingerprint density at radius 3 is 2.72 bits per heavy atom. The normalized spacial score (nSPS) is 26.8. The summed E-state index contributed by atoms with van der Waals surface area (Å²) in [5, 5.41) is 11.0. The highest BCUT2D eigenvalue weighted by atomic mass is 35.5. The van der Waals surface area contributed by atoms with E-state index in [1.165, 1.54) is 57.4 Å². The molecule has 2 aliphatic rings. The third-order valence-corrected chi connectivity index (χ3v) is 6.34. The largest absolute Gasteiger partial charge is 0.396 e. The summed E-state index contributed by atoms with van der Waals surface area (Å²) in [4.78, 5) is 5.28. The van der Waals surface area contributed by atoms with Crippen molar-refractivity contribution in [3.8, 4) is 0 Å². The second kappa shape index (κ2) is 8.85. The zero-order chi connectivity index (χ0) is 17.7. The predicted molar refractivity (Wildman–Crippen MR) is 105 cm³/mol. The minimum atomic E-state index is -0.0104. The number of halogens is 1. The third-order valence-electron chi connectivity index (χ3n) is 6.11. The number of aliphatic hydroxyl groups is 1. The van der Waals surface area contributed by atoms with Crippen LogP contribution in [0, 0.1) is 5.41 Å². The van der Waals surface area contributed by atoms with Crippen LogP contribution in [0.15, 0.2) is 24.3 Å². The van der Waals surface area contributed by atoms with Crippen LogP contribution in [0.25, 0.3) is 0 Å². The number of hydrogen-bond acceptors (Lipinski definition) is 3. The number of hydrogen-bond donors (Lipinski definition) is 1. The van der Waals surface area contributed by atoms with Crippen LogP contribution in [-0.2, 0) is 6.42 Å². The van der Waals surface area contributed by atoms with Crippen LogP contribution < -0.4 is 0 Å². The van der Waals surface area contributed by atoms with Crippen molar-refractivity contribution in [3.05, 3.63) is 34.9 Å². The van der Waals surface area contributed by atoms with E-state index in [1.54, 1.807) is 0 Å². The van der Waals surface area contributed by atoms with Gasteiger partial charge in [0, 0.05) is 23.0 Å². The highest BCUT2D eigenvalue weighted by Crippen LogP contribution is 2.36. The van der Waals surface area contributed by atoms with Gasteiger partial charge in [0.05, 0.1) is 6.61 Å². The predicted octanol–water partition coefficient (Wildman–Crippen LogP) is 3.83. The first-order chi connectivity index (χ1) is 12.1. The van der Waals surface area contributed by atoms with Crippen LogP contribution in [0.5, 0.6) is 0 Å². The maximum absolute atomic E-state index is 10.2. The van der Waals surface area contributed by atoms with E-state index in [0.29, 0.717) is 6.04 Å². The Hall–Kier alpha value is -0.610. The summed E-state index contributed by atoms with van der Waals surface area (Å²) in [6.45, 7) is 8.45. The molecule has 1 N–H and O–H groups in total. The Morgan fingerprint density at radius 1 is 1.24 bits per heavy atom. The lowest BCUT2D eigenvalue weighted by Crippen LogP contribution is -2.53. The molecular formula is C21H33ClN2O. The van der Waals surface area contributed by atoms with E-state index < -0.39 is 0 Å². The Labute approximate surface area is 158 Å². The Kier molecular flexibility index (Phi) is 6.79. The highest BCUT2D eigenvalue weighted by Gasteiger charge is 2.38. The third kappa shape index (κ3) is 4.97. The van der Waals surface area contributed by atoms with Gasteiger partial charge in [0.2, 0.25) is 0 Å². The SMILES string of the molecule is CCCN1CCC(N2CCC[C@@](CO)(Cc3cccc(Cl)c3)C2)CC1. The second-order valence-corrected chi connectivity index (χ2v) is 8.55. The van der Waals surface area contributed by atoms with E-state index in [4.69, 9.17) is 11.6 Å². The zero-order valence-electron chi connectivity index (χ0n) is 15.6. The van der Waals surface area contributed by atoms with Gasteiger partial charge in [0.25, 0.3) is 0 Å². The van der Waals surface area contributed by atoms with Crippen molar-refractivity contribution >= 4 is 11.6 Å². The van der Waals surface area contributed by atoms with Gasteiger partial charge < -0.3 is 10.0 Å². The van der Waals surface area contributed by atoms with Crippen LogP contribution in [0.4, 0.5) is 0 Å². The van der Waals surface area contributed by atoms with E-state index in [-0.39, 0.29) is 12.0 Å². The fourth-order valence-electron chi connectivity index (χ4n) is 4.79. The standard InChI is InChI=1S/C21H33ClN2O/c1-2-10-23-12-7-20(8-13-23)24-11-4-9-21(16-24,17-25)15-18-5-3-6-19(22)14-18/h3,5-6,14,20,25H,2,4,7-13,15-17H2,1H3/t21-/m1/s1. The minimum Gasteiger partial charge on any atom is -0.396 e. The minimum absolute atomic E-state index is 0.0104. The van der Waals surface area contributed by atoms with Crippen molar-refractivity contribution in [1.82, 2.24) is 9.80 Å². The van der Waals surface area contributed by atoms with Crippen molar-refractivity contribution in [3.63, 3.8) is 0 Å². The van der Waals surface area contributed by atoms with Gasteiger partial charge in [-0.05, 0) is 82.4 Å². The molecule has 0 spiro atoms. The van der Waals surface area contributed by atoms with Gasteiger partial charge in [-0.25, -0.2) is 0 Å². The molecule has 0 radical (unpaired) electrons. The Balaban J connectivity index is 1.62. The maximum atomic E-state index is 10.2. The Bertz CT molecular complexity index is 544. The molecule has 2 fully saturated rings. The van der Waals surface area contributed by atoms with Crippen molar-refractivity contribution < 1.29 is 5.11 Å². The highest BCUT2D eigenvalue weighted by molar-refractivity contribution is 6.30. The molecule has 0 unspecified atom stereocenters. The molecule has 1 atom stereocenters. The van der Waals surface area contributed by atoms with Gasteiger partial charge in [0.1, 0.15) is 0 Å². The molecule has 1 aromatic carbocycles. The van der Waals surface area contributed by atoms with Crippen molar-refractivity contribution in [1.29, 1.82) is 0 Å². The van der Waals surface area contributed by atoms with Gasteiger partial charge in [-0.1, -0.05) is 30.7 Å².